The molecule has 5 aliphatic rings. The molecule has 3 saturated carbocycles. The average molecular weight is 379 g/mol. The van der Waals surface area contributed by atoms with E-state index in [2.05, 4.69) is 65.8 Å². The summed E-state index contributed by atoms with van der Waals surface area (Å²) in [6.45, 7) is 14.9. The zero-order chi connectivity index (χ0) is 19.9. The molecule has 154 valence electrons. The monoisotopic (exact) mass is 378 g/mol. The zero-order valence-electron chi connectivity index (χ0n) is 19.2. The van der Waals surface area contributed by atoms with Crippen molar-refractivity contribution >= 4 is 0 Å². The lowest BCUT2D eigenvalue weighted by Crippen LogP contribution is -2.42. The standard InChI is InChI=1S/C28H42/c1-18(2)19(3)7-8-20(4)23-9-10-24-22-12-16-28-17-21(28)11-15-27(28,6)25(22)13-14-26(23,24)5/h7-8,12,16,18-21,23,25H,9-11,13-15,17H2,1-6H3/b8-7-/t19-,20+,21-,23+,25-,26+,27-,28+/m1/s1. The van der Waals surface area contributed by atoms with Gasteiger partial charge in [-0.25, -0.2) is 0 Å². The summed E-state index contributed by atoms with van der Waals surface area (Å²) in [5, 5.41) is 0. The molecule has 3 fully saturated rings. The van der Waals surface area contributed by atoms with E-state index in [1.54, 1.807) is 0 Å². The molecule has 1 spiro atoms. The Balaban J connectivity index is 1.45. The fourth-order valence-corrected chi connectivity index (χ4v) is 8.42. The highest BCUT2D eigenvalue weighted by molar-refractivity contribution is 5.46. The van der Waals surface area contributed by atoms with Crippen molar-refractivity contribution < 1.29 is 0 Å². The smallest absolute Gasteiger partial charge is 0.00239 e. The minimum absolute atomic E-state index is 0.448. The van der Waals surface area contributed by atoms with E-state index in [9.17, 15) is 0 Å². The van der Waals surface area contributed by atoms with Crippen LogP contribution in [0.2, 0.25) is 0 Å². The van der Waals surface area contributed by atoms with Gasteiger partial charge in [-0.15, -0.1) is 0 Å². The first-order chi connectivity index (χ1) is 13.2. The highest BCUT2D eigenvalue weighted by Gasteiger charge is 2.71. The molecule has 0 aromatic carbocycles. The highest BCUT2D eigenvalue weighted by atomic mass is 14.7. The Morgan fingerprint density at radius 3 is 2.50 bits per heavy atom. The molecular weight excluding hydrogens is 336 g/mol. The van der Waals surface area contributed by atoms with Crippen molar-refractivity contribution in [2.45, 2.75) is 86.5 Å². The fraction of sp³-hybridized carbons (Fsp3) is 0.786. The third kappa shape index (κ3) is 2.36. The van der Waals surface area contributed by atoms with Gasteiger partial charge in [0.25, 0.3) is 0 Å². The first-order valence-electron chi connectivity index (χ1n) is 12.3. The Hall–Kier alpha value is -0.780. The second-order valence-corrected chi connectivity index (χ2v) is 12.2. The summed E-state index contributed by atoms with van der Waals surface area (Å²) in [5.74, 6) is 4.86. The van der Waals surface area contributed by atoms with Crippen LogP contribution in [0.3, 0.4) is 0 Å². The van der Waals surface area contributed by atoms with Crippen LogP contribution >= 0.6 is 0 Å². The predicted molar refractivity (Wildman–Crippen MR) is 120 cm³/mol. The van der Waals surface area contributed by atoms with E-state index >= 15 is 0 Å². The fourth-order valence-electron chi connectivity index (χ4n) is 8.42. The summed E-state index contributed by atoms with van der Waals surface area (Å²) in [4.78, 5) is 0. The molecular formula is C28H42. The number of hydrogen-bond donors (Lipinski definition) is 0. The van der Waals surface area contributed by atoms with E-state index in [1.165, 1.54) is 44.9 Å². The van der Waals surface area contributed by atoms with E-state index in [4.69, 9.17) is 0 Å². The Morgan fingerprint density at radius 2 is 1.79 bits per heavy atom. The maximum absolute atomic E-state index is 2.70. The molecule has 0 bridgehead atoms. The summed E-state index contributed by atoms with van der Waals surface area (Å²) >= 11 is 0. The highest BCUT2D eigenvalue weighted by Crippen LogP contribution is 2.79. The van der Waals surface area contributed by atoms with E-state index in [1.807, 2.05) is 11.1 Å². The molecule has 0 heteroatoms. The van der Waals surface area contributed by atoms with Crippen LogP contribution in [-0.4, -0.2) is 0 Å². The van der Waals surface area contributed by atoms with Crippen molar-refractivity contribution in [1.82, 2.24) is 0 Å². The molecule has 0 aromatic rings. The van der Waals surface area contributed by atoms with Gasteiger partial charge in [-0.3, -0.25) is 0 Å². The van der Waals surface area contributed by atoms with Crippen LogP contribution in [-0.2, 0) is 0 Å². The Kier molecular flexibility index (Phi) is 4.19. The Morgan fingerprint density at radius 1 is 1.00 bits per heavy atom. The Labute approximate surface area is 173 Å². The van der Waals surface area contributed by atoms with E-state index in [0.717, 1.165) is 23.7 Å². The Bertz CT molecular complexity index is 750. The second-order valence-electron chi connectivity index (χ2n) is 12.2. The molecule has 0 aliphatic heterocycles. The van der Waals surface area contributed by atoms with Crippen molar-refractivity contribution in [2.75, 3.05) is 0 Å². The van der Waals surface area contributed by atoms with Crippen molar-refractivity contribution in [3.63, 3.8) is 0 Å². The lowest BCUT2D eigenvalue weighted by Gasteiger charge is -2.51. The summed E-state index contributed by atoms with van der Waals surface area (Å²) < 4.78 is 0. The minimum Gasteiger partial charge on any atom is -0.0852 e. The predicted octanol–water partition coefficient (Wildman–Crippen LogP) is 7.97. The van der Waals surface area contributed by atoms with Crippen molar-refractivity contribution in [2.24, 2.45) is 51.8 Å². The summed E-state index contributed by atoms with van der Waals surface area (Å²) in [6.07, 6.45) is 20.5. The molecule has 0 unspecified atom stereocenters. The van der Waals surface area contributed by atoms with Gasteiger partial charge in [0.15, 0.2) is 0 Å². The second kappa shape index (κ2) is 6.12. The van der Waals surface area contributed by atoms with E-state index in [-0.39, 0.29) is 0 Å². The summed E-state index contributed by atoms with van der Waals surface area (Å²) in [5.41, 5.74) is 5.32. The van der Waals surface area contributed by atoms with Crippen LogP contribution in [0.25, 0.3) is 0 Å². The number of fused-ring (bicyclic) bond motifs is 3. The van der Waals surface area contributed by atoms with Crippen LogP contribution in [0.4, 0.5) is 0 Å². The van der Waals surface area contributed by atoms with Gasteiger partial charge < -0.3 is 0 Å². The third-order valence-electron chi connectivity index (χ3n) is 10.9. The number of rotatable bonds is 4. The summed E-state index contributed by atoms with van der Waals surface area (Å²) in [6, 6.07) is 0. The molecule has 0 heterocycles. The van der Waals surface area contributed by atoms with Crippen molar-refractivity contribution in [1.29, 1.82) is 0 Å². The molecule has 0 nitrogen and oxygen atoms in total. The molecule has 0 saturated heterocycles. The third-order valence-corrected chi connectivity index (χ3v) is 10.9. The van der Waals surface area contributed by atoms with Crippen molar-refractivity contribution in [3.05, 3.63) is 35.5 Å². The maximum Gasteiger partial charge on any atom is -0.00239 e. The molecule has 0 aromatic heterocycles. The number of allylic oxidation sites excluding steroid dienone is 6. The molecule has 28 heavy (non-hydrogen) atoms. The quantitative estimate of drug-likeness (QED) is 0.435. The first kappa shape index (κ1) is 19.2. The molecule has 5 rings (SSSR count). The van der Waals surface area contributed by atoms with E-state index in [0.29, 0.717) is 28.1 Å². The largest absolute Gasteiger partial charge is 0.0852 e. The van der Waals surface area contributed by atoms with Crippen molar-refractivity contribution in [3.8, 4) is 0 Å². The lowest BCUT2D eigenvalue weighted by atomic mass is 9.53. The van der Waals surface area contributed by atoms with Gasteiger partial charge in [0.2, 0.25) is 0 Å². The molecule has 8 atom stereocenters. The van der Waals surface area contributed by atoms with E-state index < -0.39 is 0 Å². The molecule has 0 amide bonds. The van der Waals surface area contributed by atoms with Crippen LogP contribution in [0.15, 0.2) is 35.5 Å². The minimum atomic E-state index is 0.448. The molecule has 5 aliphatic carbocycles. The molecule has 0 radical (unpaired) electrons. The maximum atomic E-state index is 2.70. The van der Waals surface area contributed by atoms with Gasteiger partial charge in [0, 0.05) is 0 Å². The topological polar surface area (TPSA) is 0 Å². The molecule has 0 N–H and O–H groups in total. The van der Waals surface area contributed by atoms with Gasteiger partial charge in [-0.1, -0.05) is 71.4 Å². The van der Waals surface area contributed by atoms with Gasteiger partial charge >= 0.3 is 0 Å². The SMILES string of the molecule is CC(C)[C@H](C)/C=C\[C@H](C)[C@@H]1CCC2=C3C=C[C@]45C[C@H]4CC[C@]5(C)[C@@H]3CC[C@]21C. The normalized spacial score (nSPS) is 48.5. The van der Waals surface area contributed by atoms with Gasteiger partial charge in [0.1, 0.15) is 0 Å². The van der Waals surface area contributed by atoms with Gasteiger partial charge in [-0.05, 0) is 102 Å². The number of hydrogen-bond acceptors (Lipinski definition) is 0. The lowest BCUT2D eigenvalue weighted by molar-refractivity contribution is 0.0893. The zero-order valence-corrected chi connectivity index (χ0v) is 19.2. The average Bonchev–Trinajstić information content (AvgIpc) is 3.14. The van der Waals surface area contributed by atoms with Crippen LogP contribution in [0, 0.1) is 51.8 Å². The van der Waals surface area contributed by atoms with Crippen LogP contribution in [0.5, 0.6) is 0 Å². The summed E-state index contributed by atoms with van der Waals surface area (Å²) in [7, 11) is 0. The van der Waals surface area contributed by atoms with Gasteiger partial charge in [-0.2, -0.15) is 0 Å². The first-order valence-corrected chi connectivity index (χ1v) is 12.3. The van der Waals surface area contributed by atoms with Gasteiger partial charge in [0.05, 0.1) is 0 Å². The van der Waals surface area contributed by atoms with Crippen LogP contribution < -0.4 is 0 Å². The van der Waals surface area contributed by atoms with Crippen LogP contribution in [0.1, 0.15) is 86.5 Å².